The summed E-state index contributed by atoms with van der Waals surface area (Å²) in [4.78, 5) is 11.8. The second-order valence-corrected chi connectivity index (χ2v) is 4.49. The molecule has 0 saturated carbocycles. The zero-order valence-corrected chi connectivity index (χ0v) is 11.8. The maximum atomic E-state index is 11.8. The number of rotatable bonds is 6. The minimum absolute atomic E-state index is 0.0929. The van der Waals surface area contributed by atoms with Crippen molar-refractivity contribution < 1.29 is 14.6 Å². The number of hydrogen-bond donors (Lipinski definition) is 3. The van der Waals surface area contributed by atoms with Gasteiger partial charge in [0.1, 0.15) is 0 Å². The Bertz CT molecular complexity index is 422. The minimum Gasteiger partial charge on any atom is -0.394 e. The highest BCUT2D eigenvalue weighted by Gasteiger charge is 2.12. The van der Waals surface area contributed by atoms with Crippen LogP contribution in [-0.2, 0) is 11.3 Å². The van der Waals surface area contributed by atoms with Crippen LogP contribution in [-0.4, -0.2) is 30.9 Å². The van der Waals surface area contributed by atoms with Crippen LogP contribution >= 0.6 is 11.6 Å². The van der Waals surface area contributed by atoms with Crippen LogP contribution < -0.4 is 10.6 Å². The van der Waals surface area contributed by atoms with E-state index < -0.39 is 0 Å². The predicted molar refractivity (Wildman–Crippen MR) is 75.5 cm³/mol. The van der Waals surface area contributed by atoms with E-state index in [0.717, 1.165) is 5.56 Å². The summed E-state index contributed by atoms with van der Waals surface area (Å²) in [5.74, 6) is 0. The lowest BCUT2D eigenvalue weighted by molar-refractivity contribution is 0.185. The number of nitrogens with one attached hydrogen (secondary N) is 2. The highest BCUT2D eigenvalue weighted by Crippen LogP contribution is 2.25. The smallest absolute Gasteiger partial charge is 0.319 e. The molecular formula is C13H19ClN2O3. The van der Waals surface area contributed by atoms with Gasteiger partial charge in [-0.25, -0.2) is 4.79 Å². The standard InChI is InChI=1S/C13H19ClN2O3/c1-3-9(7-17)15-13(18)16-12-6-4-5-11(14)10(12)8-19-2/h4-6,9,17H,3,7-8H2,1-2H3,(H2,15,16,18). The van der Waals surface area contributed by atoms with Gasteiger partial charge in [-0.3, -0.25) is 0 Å². The quantitative estimate of drug-likeness (QED) is 0.752. The summed E-state index contributed by atoms with van der Waals surface area (Å²) in [5, 5.41) is 15.0. The van der Waals surface area contributed by atoms with E-state index in [4.69, 9.17) is 21.4 Å². The number of anilines is 1. The van der Waals surface area contributed by atoms with Gasteiger partial charge in [-0.15, -0.1) is 0 Å². The summed E-state index contributed by atoms with van der Waals surface area (Å²) in [6, 6.07) is 4.60. The summed E-state index contributed by atoms with van der Waals surface area (Å²) in [7, 11) is 1.56. The molecule has 0 fully saturated rings. The van der Waals surface area contributed by atoms with Crippen molar-refractivity contribution in [3.8, 4) is 0 Å². The molecule has 2 amide bonds. The van der Waals surface area contributed by atoms with Crippen LogP contribution in [0.2, 0.25) is 5.02 Å². The lowest BCUT2D eigenvalue weighted by atomic mass is 10.2. The Balaban J connectivity index is 2.76. The largest absolute Gasteiger partial charge is 0.394 e. The summed E-state index contributed by atoms with van der Waals surface area (Å²) in [5.41, 5.74) is 1.32. The van der Waals surface area contributed by atoms with Gasteiger partial charge >= 0.3 is 6.03 Å². The third-order valence-corrected chi connectivity index (χ3v) is 3.06. The molecule has 0 spiro atoms. The Morgan fingerprint density at radius 2 is 2.26 bits per heavy atom. The Morgan fingerprint density at radius 3 is 2.84 bits per heavy atom. The van der Waals surface area contributed by atoms with E-state index in [2.05, 4.69) is 10.6 Å². The third-order valence-electron chi connectivity index (χ3n) is 2.70. The molecule has 0 aliphatic carbocycles. The molecule has 0 bridgehead atoms. The average molecular weight is 287 g/mol. The monoisotopic (exact) mass is 286 g/mol. The van der Waals surface area contributed by atoms with E-state index in [1.807, 2.05) is 6.92 Å². The molecule has 0 aromatic heterocycles. The Kier molecular flexibility index (Phi) is 6.62. The third kappa shape index (κ3) is 4.70. The van der Waals surface area contributed by atoms with Gasteiger partial charge in [0.2, 0.25) is 0 Å². The first-order valence-electron chi connectivity index (χ1n) is 6.07. The van der Waals surface area contributed by atoms with Gasteiger partial charge in [0.05, 0.1) is 19.3 Å². The van der Waals surface area contributed by atoms with Crippen molar-refractivity contribution in [2.45, 2.75) is 26.0 Å². The number of ether oxygens (including phenoxy) is 1. The zero-order chi connectivity index (χ0) is 14.3. The molecule has 5 nitrogen and oxygen atoms in total. The zero-order valence-electron chi connectivity index (χ0n) is 11.1. The molecule has 1 aromatic rings. The molecular weight excluding hydrogens is 268 g/mol. The number of amides is 2. The second-order valence-electron chi connectivity index (χ2n) is 4.09. The Morgan fingerprint density at radius 1 is 1.53 bits per heavy atom. The van der Waals surface area contributed by atoms with Crippen LogP contribution in [0.25, 0.3) is 0 Å². The van der Waals surface area contributed by atoms with Crippen molar-refractivity contribution in [3.05, 3.63) is 28.8 Å². The number of hydrogen-bond acceptors (Lipinski definition) is 3. The number of aliphatic hydroxyl groups is 1. The summed E-state index contributed by atoms with van der Waals surface area (Å²) in [6.07, 6.45) is 0.657. The number of benzene rings is 1. The number of carbonyl (C=O) groups excluding carboxylic acids is 1. The normalized spacial score (nSPS) is 12.0. The fourth-order valence-electron chi connectivity index (χ4n) is 1.59. The van der Waals surface area contributed by atoms with Crippen LogP contribution in [0.1, 0.15) is 18.9 Å². The van der Waals surface area contributed by atoms with E-state index in [1.165, 1.54) is 0 Å². The van der Waals surface area contributed by atoms with Gasteiger partial charge in [0.25, 0.3) is 0 Å². The van der Waals surface area contributed by atoms with Crippen LogP contribution in [0, 0.1) is 0 Å². The number of urea groups is 1. The molecule has 0 saturated heterocycles. The molecule has 0 aliphatic rings. The van der Waals surface area contributed by atoms with Crippen molar-refractivity contribution >= 4 is 23.3 Å². The van der Waals surface area contributed by atoms with Gasteiger partial charge in [0, 0.05) is 23.4 Å². The second kappa shape index (κ2) is 7.99. The number of methoxy groups -OCH3 is 1. The molecule has 19 heavy (non-hydrogen) atoms. The summed E-state index contributed by atoms with van der Waals surface area (Å²) < 4.78 is 5.06. The molecule has 1 aromatic carbocycles. The van der Waals surface area contributed by atoms with E-state index in [-0.39, 0.29) is 18.7 Å². The highest BCUT2D eigenvalue weighted by atomic mass is 35.5. The van der Waals surface area contributed by atoms with Crippen LogP contribution in [0.3, 0.4) is 0 Å². The number of aliphatic hydroxyl groups excluding tert-OH is 1. The van der Waals surface area contributed by atoms with E-state index in [9.17, 15) is 4.79 Å². The molecule has 1 unspecified atom stereocenters. The van der Waals surface area contributed by atoms with Crippen LogP contribution in [0.15, 0.2) is 18.2 Å². The van der Waals surface area contributed by atoms with E-state index in [1.54, 1.807) is 25.3 Å². The van der Waals surface area contributed by atoms with Crippen molar-refractivity contribution in [1.29, 1.82) is 0 Å². The van der Waals surface area contributed by atoms with Gasteiger partial charge in [-0.2, -0.15) is 0 Å². The minimum atomic E-state index is -0.375. The highest BCUT2D eigenvalue weighted by molar-refractivity contribution is 6.31. The topological polar surface area (TPSA) is 70.6 Å². The van der Waals surface area contributed by atoms with E-state index >= 15 is 0 Å². The van der Waals surface area contributed by atoms with Crippen LogP contribution in [0.5, 0.6) is 0 Å². The molecule has 0 aliphatic heterocycles. The summed E-state index contributed by atoms with van der Waals surface area (Å²) in [6.45, 7) is 2.10. The molecule has 3 N–H and O–H groups in total. The number of halogens is 1. The first-order chi connectivity index (χ1) is 9.12. The van der Waals surface area contributed by atoms with Crippen molar-refractivity contribution in [3.63, 3.8) is 0 Å². The number of carbonyl (C=O) groups is 1. The van der Waals surface area contributed by atoms with Gasteiger partial charge in [0.15, 0.2) is 0 Å². The van der Waals surface area contributed by atoms with E-state index in [0.29, 0.717) is 23.7 Å². The maximum Gasteiger partial charge on any atom is 0.319 e. The van der Waals surface area contributed by atoms with Gasteiger partial charge in [-0.1, -0.05) is 24.6 Å². The van der Waals surface area contributed by atoms with Gasteiger partial charge < -0.3 is 20.5 Å². The molecule has 1 atom stereocenters. The predicted octanol–water partition coefficient (Wildman–Crippen LogP) is 2.38. The molecule has 1 rings (SSSR count). The summed E-state index contributed by atoms with van der Waals surface area (Å²) >= 11 is 6.06. The lowest BCUT2D eigenvalue weighted by Crippen LogP contribution is -2.39. The first-order valence-corrected chi connectivity index (χ1v) is 6.44. The average Bonchev–Trinajstić information content (AvgIpc) is 2.40. The SMILES string of the molecule is CCC(CO)NC(=O)Nc1cccc(Cl)c1COC. The molecule has 0 heterocycles. The molecule has 106 valence electrons. The van der Waals surface area contributed by atoms with Gasteiger partial charge in [-0.05, 0) is 18.6 Å². The van der Waals surface area contributed by atoms with Crippen molar-refractivity contribution in [1.82, 2.24) is 5.32 Å². The fraction of sp³-hybridized carbons (Fsp3) is 0.462. The lowest BCUT2D eigenvalue weighted by Gasteiger charge is -2.16. The fourth-order valence-corrected chi connectivity index (χ4v) is 1.82. The molecule has 0 radical (unpaired) electrons. The first kappa shape index (κ1) is 15.8. The van der Waals surface area contributed by atoms with Crippen molar-refractivity contribution in [2.24, 2.45) is 0 Å². The molecule has 6 heteroatoms. The van der Waals surface area contributed by atoms with Crippen molar-refractivity contribution in [2.75, 3.05) is 19.0 Å². The maximum absolute atomic E-state index is 11.8. The Labute approximate surface area is 117 Å². The Hall–Kier alpha value is -1.30. The van der Waals surface area contributed by atoms with Crippen LogP contribution in [0.4, 0.5) is 10.5 Å².